The molecule has 0 bridgehead atoms. The van der Waals surface area contributed by atoms with Crippen LogP contribution in [-0.4, -0.2) is 41.5 Å². The van der Waals surface area contributed by atoms with Gasteiger partial charge in [0.25, 0.3) is 0 Å². The van der Waals surface area contributed by atoms with E-state index in [4.69, 9.17) is 4.74 Å². The predicted molar refractivity (Wildman–Crippen MR) is 76.7 cm³/mol. The summed E-state index contributed by atoms with van der Waals surface area (Å²) in [5.41, 5.74) is 2.31. The van der Waals surface area contributed by atoms with Crippen LogP contribution in [0, 0.1) is 0 Å². The Hall–Kier alpha value is -2.01. The smallest absolute Gasteiger partial charge is 0.245 e. The monoisotopic (exact) mass is 270 g/mol. The van der Waals surface area contributed by atoms with Gasteiger partial charge in [-0.3, -0.25) is 0 Å². The van der Waals surface area contributed by atoms with Crippen LogP contribution in [0.3, 0.4) is 0 Å². The molecule has 0 saturated carbocycles. The maximum absolute atomic E-state index is 5.34. The lowest BCUT2D eigenvalue weighted by Crippen LogP contribution is -2.37. The number of hydrogen-bond donors (Lipinski definition) is 0. The quantitative estimate of drug-likeness (QED) is 0.842. The third kappa shape index (κ3) is 3.30. The third-order valence-electron chi connectivity index (χ3n) is 3.40. The number of ether oxygens (including phenoxy) is 1. The highest BCUT2D eigenvalue weighted by Crippen LogP contribution is 2.10. The molecular weight excluding hydrogens is 252 g/mol. The molecule has 0 amide bonds. The summed E-state index contributed by atoms with van der Waals surface area (Å²) in [7, 11) is 0. The molecule has 2 heterocycles. The molecule has 1 aliphatic heterocycles. The molecule has 5 nitrogen and oxygen atoms in total. The van der Waals surface area contributed by atoms with Crippen molar-refractivity contribution in [3.63, 3.8) is 0 Å². The summed E-state index contributed by atoms with van der Waals surface area (Å²) in [4.78, 5) is 6.74. The zero-order chi connectivity index (χ0) is 13.6. The zero-order valence-corrected chi connectivity index (χ0v) is 11.4. The molecule has 5 heteroatoms. The van der Waals surface area contributed by atoms with Crippen LogP contribution < -0.4 is 4.90 Å². The van der Waals surface area contributed by atoms with Crippen LogP contribution in [0.25, 0.3) is 0 Å². The average Bonchev–Trinajstić information content (AvgIpc) is 2.55. The van der Waals surface area contributed by atoms with E-state index < -0.39 is 0 Å². The van der Waals surface area contributed by atoms with Crippen LogP contribution >= 0.6 is 0 Å². The second-order valence-electron chi connectivity index (χ2n) is 4.83. The second kappa shape index (κ2) is 6.43. The lowest BCUT2D eigenvalue weighted by molar-refractivity contribution is 0.122. The highest BCUT2D eigenvalue weighted by molar-refractivity contribution is 5.29. The Labute approximate surface area is 118 Å². The highest BCUT2D eigenvalue weighted by atomic mass is 16.5. The fraction of sp³-hybridized carbons (Fsp3) is 0.400. The molecule has 0 radical (unpaired) electrons. The standard InChI is InChI=1S/C15H18N4O/c1-2-4-13(5-3-1)6-7-14-12-16-18-15(17-14)19-8-10-20-11-9-19/h1-5,12H,6-11H2. The van der Waals surface area contributed by atoms with Crippen molar-refractivity contribution in [2.75, 3.05) is 31.2 Å². The number of morpholine rings is 1. The second-order valence-corrected chi connectivity index (χ2v) is 4.83. The molecule has 2 aromatic rings. The van der Waals surface area contributed by atoms with Gasteiger partial charge in [0.2, 0.25) is 5.95 Å². The molecule has 0 atom stereocenters. The maximum atomic E-state index is 5.34. The summed E-state index contributed by atoms with van der Waals surface area (Å²) >= 11 is 0. The molecule has 1 fully saturated rings. The Morgan fingerprint density at radius 3 is 2.65 bits per heavy atom. The van der Waals surface area contributed by atoms with Gasteiger partial charge < -0.3 is 9.64 Å². The molecule has 20 heavy (non-hydrogen) atoms. The van der Waals surface area contributed by atoms with Crippen molar-refractivity contribution in [3.05, 3.63) is 47.8 Å². The summed E-state index contributed by atoms with van der Waals surface area (Å²) in [6.45, 7) is 3.14. The van der Waals surface area contributed by atoms with Gasteiger partial charge in [0.05, 0.1) is 25.1 Å². The molecule has 0 spiro atoms. The molecule has 1 aromatic heterocycles. The Kier molecular flexibility index (Phi) is 4.18. The molecule has 0 aliphatic carbocycles. The van der Waals surface area contributed by atoms with Crippen LogP contribution in [0.2, 0.25) is 0 Å². The summed E-state index contributed by atoms with van der Waals surface area (Å²) < 4.78 is 5.34. The topological polar surface area (TPSA) is 51.1 Å². The number of aromatic nitrogens is 3. The summed E-state index contributed by atoms with van der Waals surface area (Å²) in [5.74, 6) is 0.721. The minimum atomic E-state index is 0.721. The van der Waals surface area contributed by atoms with Gasteiger partial charge in [-0.25, -0.2) is 4.98 Å². The van der Waals surface area contributed by atoms with Crippen molar-refractivity contribution in [1.29, 1.82) is 0 Å². The van der Waals surface area contributed by atoms with Crippen molar-refractivity contribution >= 4 is 5.95 Å². The summed E-state index contributed by atoms with van der Waals surface area (Å²) in [6.07, 6.45) is 3.62. The molecule has 1 aromatic carbocycles. The van der Waals surface area contributed by atoms with Crippen molar-refractivity contribution in [2.45, 2.75) is 12.8 Å². The van der Waals surface area contributed by atoms with E-state index in [2.05, 4.69) is 44.3 Å². The molecule has 1 aliphatic rings. The first-order valence-electron chi connectivity index (χ1n) is 6.97. The Morgan fingerprint density at radius 1 is 1.05 bits per heavy atom. The minimum absolute atomic E-state index is 0.721. The van der Waals surface area contributed by atoms with Crippen molar-refractivity contribution in [3.8, 4) is 0 Å². The molecular formula is C15H18N4O. The number of rotatable bonds is 4. The van der Waals surface area contributed by atoms with Crippen LogP contribution in [0.1, 0.15) is 11.3 Å². The number of anilines is 1. The molecule has 3 rings (SSSR count). The Balaban J connectivity index is 1.65. The normalized spacial score (nSPS) is 15.3. The molecule has 1 saturated heterocycles. The Bertz CT molecular complexity index is 541. The summed E-state index contributed by atoms with van der Waals surface area (Å²) in [5, 5.41) is 8.20. The number of hydrogen-bond acceptors (Lipinski definition) is 5. The fourth-order valence-electron chi connectivity index (χ4n) is 2.26. The summed E-state index contributed by atoms with van der Waals surface area (Å²) in [6, 6.07) is 10.4. The average molecular weight is 270 g/mol. The van der Waals surface area contributed by atoms with Gasteiger partial charge in [0, 0.05) is 13.1 Å². The Morgan fingerprint density at radius 2 is 1.85 bits per heavy atom. The van der Waals surface area contributed by atoms with Crippen LogP contribution in [0.15, 0.2) is 36.5 Å². The van der Waals surface area contributed by atoms with Gasteiger partial charge in [-0.05, 0) is 18.4 Å². The van der Waals surface area contributed by atoms with Gasteiger partial charge in [0.15, 0.2) is 0 Å². The zero-order valence-electron chi connectivity index (χ0n) is 11.4. The van der Waals surface area contributed by atoms with Gasteiger partial charge >= 0.3 is 0 Å². The van der Waals surface area contributed by atoms with E-state index in [0.29, 0.717) is 0 Å². The first kappa shape index (κ1) is 13.0. The van der Waals surface area contributed by atoms with E-state index in [1.165, 1.54) is 5.56 Å². The van der Waals surface area contributed by atoms with E-state index in [9.17, 15) is 0 Å². The maximum Gasteiger partial charge on any atom is 0.245 e. The van der Waals surface area contributed by atoms with E-state index in [1.54, 1.807) is 6.20 Å². The number of nitrogens with zero attached hydrogens (tertiary/aromatic N) is 4. The first-order chi connectivity index (χ1) is 9.92. The minimum Gasteiger partial charge on any atom is -0.378 e. The number of benzene rings is 1. The van der Waals surface area contributed by atoms with Crippen LogP contribution in [0.4, 0.5) is 5.95 Å². The van der Waals surface area contributed by atoms with Gasteiger partial charge in [-0.1, -0.05) is 30.3 Å². The van der Waals surface area contributed by atoms with Gasteiger partial charge in [-0.2, -0.15) is 5.10 Å². The van der Waals surface area contributed by atoms with Crippen LogP contribution in [0.5, 0.6) is 0 Å². The van der Waals surface area contributed by atoms with Gasteiger partial charge in [0.1, 0.15) is 0 Å². The highest BCUT2D eigenvalue weighted by Gasteiger charge is 2.14. The van der Waals surface area contributed by atoms with E-state index >= 15 is 0 Å². The molecule has 104 valence electrons. The first-order valence-corrected chi connectivity index (χ1v) is 6.97. The fourth-order valence-corrected chi connectivity index (χ4v) is 2.26. The van der Waals surface area contributed by atoms with Crippen LogP contribution in [-0.2, 0) is 17.6 Å². The van der Waals surface area contributed by atoms with E-state index in [-0.39, 0.29) is 0 Å². The molecule has 0 N–H and O–H groups in total. The van der Waals surface area contributed by atoms with E-state index in [1.807, 2.05) is 6.07 Å². The predicted octanol–water partition coefficient (Wildman–Crippen LogP) is 1.49. The van der Waals surface area contributed by atoms with E-state index in [0.717, 1.165) is 50.8 Å². The van der Waals surface area contributed by atoms with Crippen molar-refractivity contribution < 1.29 is 4.74 Å². The SMILES string of the molecule is c1ccc(CCc2cnnc(N3CCOCC3)n2)cc1. The van der Waals surface area contributed by atoms with Gasteiger partial charge in [-0.15, -0.1) is 5.10 Å². The molecule has 0 unspecified atom stereocenters. The largest absolute Gasteiger partial charge is 0.378 e. The lowest BCUT2D eigenvalue weighted by atomic mass is 10.1. The number of aryl methyl sites for hydroxylation is 2. The van der Waals surface area contributed by atoms with Crippen molar-refractivity contribution in [2.24, 2.45) is 0 Å². The van der Waals surface area contributed by atoms with Crippen molar-refractivity contribution in [1.82, 2.24) is 15.2 Å². The third-order valence-corrected chi connectivity index (χ3v) is 3.40. The lowest BCUT2D eigenvalue weighted by Gasteiger charge is -2.26.